The second kappa shape index (κ2) is 5.63. The van der Waals surface area contributed by atoms with Crippen molar-refractivity contribution in [3.05, 3.63) is 28.2 Å². The predicted molar refractivity (Wildman–Crippen MR) is 72.8 cm³/mol. The van der Waals surface area contributed by atoms with Crippen molar-refractivity contribution in [1.29, 1.82) is 0 Å². The minimum absolute atomic E-state index is 0.597. The maximum atomic E-state index is 6.17. The molecular formula is C12H15Cl2NS. The van der Waals surface area contributed by atoms with Crippen LogP contribution in [-0.2, 0) is 0 Å². The van der Waals surface area contributed by atoms with Crippen molar-refractivity contribution in [3.63, 3.8) is 0 Å². The molecule has 1 aliphatic carbocycles. The van der Waals surface area contributed by atoms with Crippen LogP contribution in [0.1, 0.15) is 19.3 Å². The average molecular weight is 276 g/mol. The highest BCUT2D eigenvalue weighted by atomic mass is 35.5. The van der Waals surface area contributed by atoms with E-state index >= 15 is 0 Å². The Morgan fingerprint density at radius 2 is 2.12 bits per heavy atom. The van der Waals surface area contributed by atoms with Gasteiger partial charge in [0.25, 0.3) is 0 Å². The third-order valence-corrected chi connectivity index (χ3v) is 5.13. The zero-order valence-corrected chi connectivity index (χ0v) is 11.5. The van der Waals surface area contributed by atoms with E-state index in [2.05, 4.69) is 5.32 Å². The van der Waals surface area contributed by atoms with Crippen LogP contribution in [0, 0.1) is 0 Å². The molecule has 16 heavy (non-hydrogen) atoms. The third kappa shape index (κ3) is 2.86. The van der Waals surface area contributed by atoms with Crippen LogP contribution < -0.4 is 5.32 Å². The largest absolute Gasteiger partial charge is 0.316 e. The molecule has 2 unspecified atom stereocenters. The molecule has 0 radical (unpaired) electrons. The van der Waals surface area contributed by atoms with Crippen LogP contribution in [-0.4, -0.2) is 18.3 Å². The first kappa shape index (κ1) is 12.6. The van der Waals surface area contributed by atoms with Crippen LogP contribution in [0.15, 0.2) is 23.1 Å². The van der Waals surface area contributed by atoms with Crippen LogP contribution in [0.5, 0.6) is 0 Å². The Bertz CT molecular complexity index is 370. The lowest BCUT2D eigenvalue weighted by molar-refractivity contribution is 0.591. The highest BCUT2D eigenvalue weighted by Crippen LogP contribution is 2.39. The van der Waals surface area contributed by atoms with Gasteiger partial charge in [-0.05, 0) is 38.1 Å². The lowest BCUT2D eigenvalue weighted by Gasteiger charge is -2.19. The SMILES string of the molecule is CNC1CCCC1Sc1cc(Cl)ccc1Cl. The van der Waals surface area contributed by atoms with Crippen LogP contribution in [0.4, 0.5) is 0 Å². The number of hydrogen-bond acceptors (Lipinski definition) is 2. The molecule has 0 spiro atoms. The molecule has 1 nitrogen and oxygen atoms in total. The summed E-state index contributed by atoms with van der Waals surface area (Å²) >= 11 is 14.0. The minimum Gasteiger partial charge on any atom is -0.316 e. The Balaban J connectivity index is 2.11. The third-order valence-electron chi connectivity index (χ3n) is 2.99. The number of rotatable bonds is 3. The highest BCUT2D eigenvalue weighted by molar-refractivity contribution is 8.00. The van der Waals surface area contributed by atoms with Crippen molar-refractivity contribution in [2.45, 2.75) is 35.4 Å². The summed E-state index contributed by atoms with van der Waals surface area (Å²) in [5, 5.41) is 5.54. The molecule has 1 aromatic rings. The smallest absolute Gasteiger partial charge is 0.0543 e. The molecule has 0 aliphatic heterocycles. The quantitative estimate of drug-likeness (QED) is 0.886. The molecule has 4 heteroatoms. The highest BCUT2D eigenvalue weighted by Gasteiger charge is 2.27. The van der Waals surface area contributed by atoms with Crippen molar-refractivity contribution < 1.29 is 0 Å². The van der Waals surface area contributed by atoms with E-state index in [4.69, 9.17) is 23.2 Å². The number of thioether (sulfide) groups is 1. The molecule has 2 rings (SSSR count). The van der Waals surface area contributed by atoms with Gasteiger partial charge >= 0.3 is 0 Å². The van der Waals surface area contributed by atoms with E-state index in [1.165, 1.54) is 19.3 Å². The monoisotopic (exact) mass is 275 g/mol. The lowest BCUT2D eigenvalue weighted by atomic mass is 10.2. The molecule has 1 aromatic carbocycles. The molecule has 1 fully saturated rings. The van der Waals surface area contributed by atoms with Gasteiger partial charge in [0, 0.05) is 21.2 Å². The molecule has 2 atom stereocenters. The maximum absolute atomic E-state index is 6.17. The van der Waals surface area contributed by atoms with E-state index in [0.29, 0.717) is 11.3 Å². The summed E-state index contributed by atoms with van der Waals surface area (Å²) in [6.07, 6.45) is 3.80. The molecule has 0 aromatic heterocycles. The summed E-state index contributed by atoms with van der Waals surface area (Å²) in [5.74, 6) is 0. The second-order valence-electron chi connectivity index (χ2n) is 4.06. The van der Waals surface area contributed by atoms with Crippen molar-refractivity contribution >= 4 is 35.0 Å². The van der Waals surface area contributed by atoms with Crippen LogP contribution in [0.3, 0.4) is 0 Å². The Morgan fingerprint density at radius 1 is 1.31 bits per heavy atom. The van der Waals surface area contributed by atoms with Gasteiger partial charge in [-0.1, -0.05) is 29.6 Å². The number of halogens is 2. The van der Waals surface area contributed by atoms with E-state index in [1.807, 2.05) is 37.0 Å². The number of benzene rings is 1. The van der Waals surface area contributed by atoms with Crippen LogP contribution in [0.25, 0.3) is 0 Å². The van der Waals surface area contributed by atoms with Gasteiger partial charge in [-0.2, -0.15) is 0 Å². The molecule has 88 valence electrons. The summed E-state index contributed by atoms with van der Waals surface area (Å²) in [5.41, 5.74) is 0. The molecule has 0 bridgehead atoms. The molecule has 1 N–H and O–H groups in total. The number of nitrogens with one attached hydrogen (secondary N) is 1. The number of hydrogen-bond donors (Lipinski definition) is 1. The van der Waals surface area contributed by atoms with Gasteiger partial charge in [-0.25, -0.2) is 0 Å². The van der Waals surface area contributed by atoms with Crippen molar-refractivity contribution in [2.75, 3.05) is 7.05 Å². The van der Waals surface area contributed by atoms with Gasteiger partial charge in [0.15, 0.2) is 0 Å². The molecule has 0 amide bonds. The first-order chi connectivity index (χ1) is 7.70. The van der Waals surface area contributed by atoms with E-state index in [9.17, 15) is 0 Å². The minimum atomic E-state index is 0.597. The van der Waals surface area contributed by atoms with Gasteiger partial charge in [0.1, 0.15) is 0 Å². The average Bonchev–Trinajstić information content (AvgIpc) is 2.71. The van der Waals surface area contributed by atoms with E-state index in [1.54, 1.807) is 0 Å². The summed E-state index contributed by atoms with van der Waals surface area (Å²) in [6.45, 7) is 0. The normalized spacial score (nSPS) is 24.9. The van der Waals surface area contributed by atoms with E-state index in [0.717, 1.165) is 14.9 Å². The Labute approximate surface area is 111 Å². The molecule has 1 saturated carbocycles. The molecule has 1 aliphatic rings. The van der Waals surface area contributed by atoms with E-state index in [-0.39, 0.29) is 0 Å². The Kier molecular flexibility index (Phi) is 4.42. The molecular weight excluding hydrogens is 261 g/mol. The second-order valence-corrected chi connectivity index (χ2v) is 6.18. The lowest BCUT2D eigenvalue weighted by Crippen LogP contribution is -2.30. The van der Waals surface area contributed by atoms with Gasteiger partial charge in [-0.3, -0.25) is 0 Å². The van der Waals surface area contributed by atoms with Gasteiger partial charge in [-0.15, -0.1) is 11.8 Å². The Morgan fingerprint density at radius 3 is 2.88 bits per heavy atom. The van der Waals surface area contributed by atoms with Crippen molar-refractivity contribution in [3.8, 4) is 0 Å². The fourth-order valence-corrected chi connectivity index (χ4v) is 4.04. The summed E-state index contributed by atoms with van der Waals surface area (Å²) < 4.78 is 0. The molecule has 0 saturated heterocycles. The first-order valence-electron chi connectivity index (χ1n) is 5.49. The fourth-order valence-electron chi connectivity index (χ4n) is 2.13. The van der Waals surface area contributed by atoms with Crippen molar-refractivity contribution in [2.24, 2.45) is 0 Å². The maximum Gasteiger partial charge on any atom is 0.0543 e. The van der Waals surface area contributed by atoms with Crippen LogP contribution in [0.2, 0.25) is 10.0 Å². The standard InChI is InChI=1S/C12H15Cl2NS/c1-15-10-3-2-4-11(10)16-12-7-8(13)5-6-9(12)14/h5-7,10-11,15H,2-4H2,1H3. The van der Waals surface area contributed by atoms with E-state index < -0.39 is 0 Å². The van der Waals surface area contributed by atoms with Crippen molar-refractivity contribution in [1.82, 2.24) is 5.32 Å². The zero-order chi connectivity index (χ0) is 11.5. The zero-order valence-electron chi connectivity index (χ0n) is 9.17. The summed E-state index contributed by atoms with van der Waals surface area (Å²) in [7, 11) is 2.03. The van der Waals surface area contributed by atoms with Crippen LogP contribution >= 0.6 is 35.0 Å². The Hall–Kier alpha value is 0.110. The predicted octanol–water partition coefficient (Wildman–Crippen LogP) is 4.23. The summed E-state index contributed by atoms with van der Waals surface area (Å²) in [4.78, 5) is 1.10. The van der Waals surface area contributed by atoms with Gasteiger partial charge in [0.2, 0.25) is 0 Å². The summed E-state index contributed by atoms with van der Waals surface area (Å²) in [6, 6.07) is 6.26. The van der Waals surface area contributed by atoms with Gasteiger partial charge < -0.3 is 5.32 Å². The topological polar surface area (TPSA) is 12.0 Å². The fraction of sp³-hybridized carbons (Fsp3) is 0.500. The first-order valence-corrected chi connectivity index (χ1v) is 7.13. The van der Waals surface area contributed by atoms with Gasteiger partial charge in [0.05, 0.1) is 5.02 Å². The molecule has 0 heterocycles.